The monoisotopic (exact) mass is 372 g/mol. The Morgan fingerprint density at radius 2 is 1.59 bits per heavy atom. The number of anilines is 1. The molecule has 7 nitrogen and oxygen atoms in total. The molecule has 3 amide bonds. The maximum atomic E-state index is 12.3. The SMILES string of the molecule is Cc1cc(C)cc(NC(=O)COC(=O)CN2C(=O)[C@H]3CCCC[C@H]3C2=O)c1. The van der Waals surface area contributed by atoms with E-state index in [0.29, 0.717) is 18.5 Å². The van der Waals surface area contributed by atoms with E-state index in [0.717, 1.165) is 28.9 Å². The van der Waals surface area contributed by atoms with Crippen LogP contribution in [0.5, 0.6) is 0 Å². The lowest BCUT2D eigenvalue weighted by atomic mass is 9.81. The number of nitrogens with zero attached hydrogens (tertiary/aromatic N) is 1. The number of hydrogen-bond donors (Lipinski definition) is 1. The molecule has 1 aliphatic heterocycles. The van der Waals surface area contributed by atoms with Crippen molar-refractivity contribution in [3.8, 4) is 0 Å². The molecule has 7 heteroatoms. The van der Waals surface area contributed by atoms with Crippen molar-refractivity contribution in [2.75, 3.05) is 18.5 Å². The molecule has 0 spiro atoms. The highest BCUT2D eigenvalue weighted by Gasteiger charge is 2.48. The molecule has 0 aromatic heterocycles. The molecule has 2 fully saturated rings. The third kappa shape index (κ3) is 4.35. The van der Waals surface area contributed by atoms with Crippen molar-refractivity contribution >= 4 is 29.4 Å². The smallest absolute Gasteiger partial charge is 0.326 e. The van der Waals surface area contributed by atoms with Crippen molar-refractivity contribution in [2.45, 2.75) is 39.5 Å². The van der Waals surface area contributed by atoms with Gasteiger partial charge in [-0.25, -0.2) is 0 Å². The van der Waals surface area contributed by atoms with Crippen LogP contribution in [0, 0.1) is 25.7 Å². The van der Waals surface area contributed by atoms with Crippen LogP contribution >= 0.6 is 0 Å². The van der Waals surface area contributed by atoms with Crippen LogP contribution in [0.3, 0.4) is 0 Å². The second-order valence-corrected chi connectivity index (χ2v) is 7.35. The Morgan fingerprint density at radius 3 is 2.15 bits per heavy atom. The summed E-state index contributed by atoms with van der Waals surface area (Å²) < 4.78 is 4.95. The van der Waals surface area contributed by atoms with Crippen molar-refractivity contribution < 1.29 is 23.9 Å². The molecule has 1 aromatic carbocycles. The van der Waals surface area contributed by atoms with E-state index in [1.807, 2.05) is 32.0 Å². The fourth-order valence-corrected chi connectivity index (χ4v) is 3.95. The standard InChI is InChI=1S/C20H24N2O5/c1-12-7-13(2)9-14(8-12)21-17(23)11-27-18(24)10-22-19(25)15-5-3-4-6-16(15)20(22)26/h7-9,15-16H,3-6,10-11H2,1-2H3,(H,21,23)/t15-,16+. The van der Waals surface area contributed by atoms with Crippen molar-refractivity contribution in [1.29, 1.82) is 0 Å². The van der Waals surface area contributed by atoms with Gasteiger partial charge in [0, 0.05) is 5.69 Å². The van der Waals surface area contributed by atoms with Gasteiger partial charge in [0.1, 0.15) is 6.54 Å². The summed E-state index contributed by atoms with van der Waals surface area (Å²) in [5.74, 6) is -2.41. The van der Waals surface area contributed by atoms with Gasteiger partial charge in [-0.15, -0.1) is 0 Å². The molecular formula is C20H24N2O5. The van der Waals surface area contributed by atoms with Gasteiger partial charge >= 0.3 is 5.97 Å². The van der Waals surface area contributed by atoms with E-state index in [9.17, 15) is 19.2 Å². The molecule has 1 aliphatic carbocycles. The van der Waals surface area contributed by atoms with E-state index in [1.165, 1.54) is 0 Å². The molecule has 0 bridgehead atoms. The molecule has 1 N–H and O–H groups in total. The van der Waals surface area contributed by atoms with E-state index >= 15 is 0 Å². The zero-order valence-corrected chi connectivity index (χ0v) is 15.6. The third-order valence-electron chi connectivity index (χ3n) is 5.09. The maximum Gasteiger partial charge on any atom is 0.326 e. The first-order valence-electron chi connectivity index (χ1n) is 9.24. The summed E-state index contributed by atoms with van der Waals surface area (Å²) in [5, 5.41) is 2.67. The lowest BCUT2D eigenvalue weighted by molar-refractivity contribution is -0.154. The number of imide groups is 1. The van der Waals surface area contributed by atoms with E-state index in [-0.39, 0.29) is 23.7 Å². The molecule has 3 rings (SSSR count). The molecule has 27 heavy (non-hydrogen) atoms. The summed E-state index contributed by atoms with van der Waals surface area (Å²) in [6, 6.07) is 5.61. The highest BCUT2D eigenvalue weighted by molar-refractivity contribution is 6.07. The minimum atomic E-state index is -0.758. The van der Waals surface area contributed by atoms with Crippen molar-refractivity contribution in [3.05, 3.63) is 29.3 Å². The van der Waals surface area contributed by atoms with Crippen LogP contribution in [0.25, 0.3) is 0 Å². The second-order valence-electron chi connectivity index (χ2n) is 7.35. The zero-order chi connectivity index (χ0) is 19.6. The fourth-order valence-electron chi connectivity index (χ4n) is 3.95. The number of amides is 3. The average Bonchev–Trinajstić information content (AvgIpc) is 2.84. The predicted octanol–water partition coefficient (Wildman–Crippen LogP) is 1.96. The number of esters is 1. The van der Waals surface area contributed by atoms with Gasteiger partial charge in [-0.2, -0.15) is 0 Å². The molecule has 0 radical (unpaired) electrons. The van der Waals surface area contributed by atoms with Crippen LogP contribution in [-0.4, -0.2) is 41.7 Å². The molecular weight excluding hydrogens is 348 g/mol. The number of nitrogens with one attached hydrogen (secondary N) is 1. The Labute approximate surface area is 158 Å². The van der Waals surface area contributed by atoms with Crippen molar-refractivity contribution in [1.82, 2.24) is 4.90 Å². The molecule has 1 saturated heterocycles. The maximum absolute atomic E-state index is 12.3. The van der Waals surface area contributed by atoms with E-state index in [2.05, 4.69) is 5.32 Å². The normalized spacial score (nSPS) is 21.8. The Kier molecular flexibility index (Phi) is 5.58. The molecule has 144 valence electrons. The molecule has 1 heterocycles. The number of benzene rings is 1. The second kappa shape index (κ2) is 7.90. The molecule has 2 aliphatic rings. The van der Waals surface area contributed by atoms with Gasteiger partial charge in [0.25, 0.3) is 5.91 Å². The van der Waals surface area contributed by atoms with Crippen LogP contribution in [0.15, 0.2) is 18.2 Å². The first-order valence-corrected chi connectivity index (χ1v) is 9.24. The number of carbonyl (C=O) groups excluding carboxylic acids is 4. The molecule has 0 unspecified atom stereocenters. The van der Waals surface area contributed by atoms with Gasteiger partial charge in [-0.1, -0.05) is 18.9 Å². The first kappa shape index (κ1) is 19.1. The van der Waals surface area contributed by atoms with Crippen LogP contribution in [0.2, 0.25) is 0 Å². The lowest BCUT2D eigenvalue weighted by Gasteiger charge is -2.19. The molecule has 1 aromatic rings. The summed E-state index contributed by atoms with van der Waals surface area (Å²) in [7, 11) is 0. The van der Waals surface area contributed by atoms with Crippen LogP contribution in [-0.2, 0) is 23.9 Å². The lowest BCUT2D eigenvalue weighted by Crippen LogP contribution is -2.37. The topological polar surface area (TPSA) is 92.8 Å². The number of ether oxygens (including phenoxy) is 1. The number of fused-ring (bicyclic) bond motifs is 1. The predicted molar refractivity (Wildman–Crippen MR) is 97.7 cm³/mol. The van der Waals surface area contributed by atoms with E-state index < -0.39 is 25.0 Å². The summed E-state index contributed by atoms with van der Waals surface area (Å²) >= 11 is 0. The Morgan fingerprint density at radius 1 is 1.04 bits per heavy atom. The van der Waals surface area contributed by atoms with Gasteiger partial charge in [-0.3, -0.25) is 24.1 Å². The largest absolute Gasteiger partial charge is 0.454 e. The molecule has 2 atom stereocenters. The summed E-state index contributed by atoms with van der Waals surface area (Å²) in [6.45, 7) is 2.95. The van der Waals surface area contributed by atoms with Gasteiger partial charge < -0.3 is 10.1 Å². The number of rotatable bonds is 5. The third-order valence-corrected chi connectivity index (χ3v) is 5.09. The van der Waals surface area contributed by atoms with Gasteiger partial charge in [-0.05, 0) is 49.9 Å². The Balaban J connectivity index is 1.50. The van der Waals surface area contributed by atoms with Crippen LogP contribution in [0.4, 0.5) is 5.69 Å². The number of likely N-dealkylation sites (tertiary alicyclic amines) is 1. The average molecular weight is 372 g/mol. The Bertz CT molecular complexity index is 744. The summed E-state index contributed by atoms with van der Waals surface area (Å²) in [4.78, 5) is 49.7. The fraction of sp³-hybridized carbons (Fsp3) is 0.500. The van der Waals surface area contributed by atoms with Crippen molar-refractivity contribution in [3.63, 3.8) is 0 Å². The number of aryl methyl sites for hydroxylation is 2. The minimum Gasteiger partial charge on any atom is -0.454 e. The zero-order valence-electron chi connectivity index (χ0n) is 15.6. The summed E-state index contributed by atoms with van der Waals surface area (Å²) in [6.07, 6.45) is 3.24. The summed E-state index contributed by atoms with van der Waals surface area (Å²) in [5.41, 5.74) is 2.65. The first-order chi connectivity index (χ1) is 12.8. The van der Waals surface area contributed by atoms with Gasteiger partial charge in [0.2, 0.25) is 11.8 Å². The van der Waals surface area contributed by atoms with Crippen LogP contribution in [0.1, 0.15) is 36.8 Å². The van der Waals surface area contributed by atoms with Gasteiger partial charge in [0.05, 0.1) is 11.8 Å². The quantitative estimate of drug-likeness (QED) is 0.630. The van der Waals surface area contributed by atoms with E-state index in [1.54, 1.807) is 0 Å². The highest BCUT2D eigenvalue weighted by atomic mass is 16.5. The molecule has 1 saturated carbocycles. The Hall–Kier alpha value is -2.70. The van der Waals surface area contributed by atoms with Crippen molar-refractivity contribution in [2.24, 2.45) is 11.8 Å². The van der Waals surface area contributed by atoms with Crippen LogP contribution < -0.4 is 5.32 Å². The van der Waals surface area contributed by atoms with E-state index in [4.69, 9.17) is 4.74 Å². The number of hydrogen-bond acceptors (Lipinski definition) is 5. The highest BCUT2D eigenvalue weighted by Crippen LogP contribution is 2.37. The minimum absolute atomic E-state index is 0.290. The number of carbonyl (C=O) groups is 4. The van der Waals surface area contributed by atoms with Gasteiger partial charge in [0.15, 0.2) is 6.61 Å².